The minimum atomic E-state index is 0.744. The van der Waals surface area contributed by atoms with Gasteiger partial charge in [-0.25, -0.2) is 4.98 Å². The van der Waals surface area contributed by atoms with Crippen LogP contribution in [0.1, 0.15) is 24.2 Å². The third-order valence-corrected chi connectivity index (χ3v) is 2.65. The van der Waals surface area contributed by atoms with Crippen molar-refractivity contribution in [2.24, 2.45) is 0 Å². The van der Waals surface area contributed by atoms with Gasteiger partial charge in [0.1, 0.15) is 5.82 Å². The van der Waals surface area contributed by atoms with Crippen LogP contribution in [0.2, 0.25) is 0 Å². The summed E-state index contributed by atoms with van der Waals surface area (Å²) in [5.41, 5.74) is 1.37. The molecule has 0 aliphatic rings. The number of nitrogens with zero attached hydrogens (tertiary/aromatic N) is 2. The molecule has 0 spiro atoms. The van der Waals surface area contributed by atoms with Crippen LogP contribution in [0, 0.1) is 0 Å². The molecule has 1 N–H and O–H groups in total. The standard InChI is InChI=1S/C13H16N2O/c16-15-11-10-14-13(15)9-5-4-8-12-6-2-1-3-7-12/h1-3,6-7,10-11,16H,4-5,8-9H2. The molecule has 2 aromatic rings. The van der Waals surface area contributed by atoms with Crippen LogP contribution in [0.25, 0.3) is 0 Å². The number of hydrogen-bond acceptors (Lipinski definition) is 2. The number of unbranched alkanes of at least 4 members (excludes halogenated alkanes) is 1. The molecule has 0 bridgehead atoms. The fourth-order valence-electron chi connectivity index (χ4n) is 1.76. The van der Waals surface area contributed by atoms with E-state index in [9.17, 15) is 5.21 Å². The molecule has 3 nitrogen and oxygen atoms in total. The number of rotatable bonds is 5. The predicted octanol–water partition coefficient (Wildman–Crippen LogP) is 2.69. The summed E-state index contributed by atoms with van der Waals surface area (Å²) in [6, 6.07) is 10.5. The second kappa shape index (κ2) is 5.35. The van der Waals surface area contributed by atoms with Crippen molar-refractivity contribution < 1.29 is 5.21 Å². The van der Waals surface area contributed by atoms with Gasteiger partial charge in [-0.2, -0.15) is 4.73 Å². The van der Waals surface area contributed by atoms with Crippen molar-refractivity contribution in [3.05, 3.63) is 54.1 Å². The summed E-state index contributed by atoms with van der Waals surface area (Å²) in [5.74, 6) is 0.744. The molecular formula is C13H16N2O. The first-order valence-electron chi connectivity index (χ1n) is 5.61. The summed E-state index contributed by atoms with van der Waals surface area (Å²) in [6.07, 6.45) is 7.27. The number of aromatic nitrogens is 2. The van der Waals surface area contributed by atoms with Gasteiger partial charge in [0.05, 0.1) is 6.20 Å². The van der Waals surface area contributed by atoms with Crippen molar-refractivity contribution >= 4 is 0 Å². The first-order valence-corrected chi connectivity index (χ1v) is 5.61. The number of imidazole rings is 1. The minimum absolute atomic E-state index is 0.744. The van der Waals surface area contributed by atoms with E-state index in [4.69, 9.17) is 0 Å². The van der Waals surface area contributed by atoms with Crippen LogP contribution in [0.3, 0.4) is 0 Å². The van der Waals surface area contributed by atoms with E-state index in [-0.39, 0.29) is 0 Å². The van der Waals surface area contributed by atoms with Gasteiger partial charge in [-0.1, -0.05) is 30.3 Å². The van der Waals surface area contributed by atoms with Crippen LogP contribution >= 0.6 is 0 Å². The summed E-state index contributed by atoms with van der Waals surface area (Å²) in [7, 11) is 0. The second-order valence-electron chi connectivity index (χ2n) is 3.88. The maximum atomic E-state index is 9.32. The van der Waals surface area contributed by atoms with Crippen molar-refractivity contribution in [3.63, 3.8) is 0 Å². The topological polar surface area (TPSA) is 38.0 Å². The van der Waals surface area contributed by atoms with Crippen molar-refractivity contribution in [1.82, 2.24) is 9.71 Å². The predicted molar refractivity (Wildman–Crippen MR) is 62.5 cm³/mol. The lowest BCUT2D eigenvalue weighted by Gasteiger charge is -2.01. The van der Waals surface area contributed by atoms with Gasteiger partial charge in [-0.3, -0.25) is 0 Å². The first kappa shape index (κ1) is 10.7. The van der Waals surface area contributed by atoms with Gasteiger partial charge in [0.2, 0.25) is 0 Å². The van der Waals surface area contributed by atoms with Crippen LogP contribution in [-0.4, -0.2) is 14.9 Å². The van der Waals surface area contributed by atoms with Gasteiger partial charge in [-0.05, 0) is 24.8 Å². The van der Waals surface area contributed by atoms with E-state index in [2.05, 4.69) is 29.2 Å². The molecule has 0 amide bonds. The minimum Gasteiger partial charge on any atom is -0.427 e. The molecule has 0 unspecified atom stereocenters. The molecule has 0 fully saturated rings. The zero-order valence-electron chi connectivity index (χ0n) is 9.21. The van der Waals surface area contributed by atoms with Crippen molar-refractivity contribution in [1.29, 1.82) is 0 Å². The van der Waals surface area contributed by atoms with Gasteiger partial charge in [-0.15, -0.1) is 0 Å². The van der Waals surface area contributed by atoms with E-state index < -0.39 is 0 Å². The Morgan fingerprint density at radius 2 is 1.81 bits per heavy atom. The maximum Gasteiger partial charge on any atom is 0.144 e. The second-order valence-corrected chi connectivity index (χ2v) is 3.88. The summed E-state index contributed by atoms with van der Waals surface area (Å²) < 4.78 is 1.10. The SMILES string of the molecule is On1ccnc1CCCCc1ccccc1. The molecule has 2 rings (SSSR count). The highest BCUT2D eigenvalue weighted by molar-refractivity contribution is 5.14. The van der Waals surface area contributed by atoms with Gasteiger partial charge in [0.15, 0.2) is 0 Å². The molecule has 0 radical (unpaired) electrons. The lowest BCUT2D eigenvalue weighted by molar-refractivity contribution is 0.175. The average molecular weight is 216 g/mol. The van der Waals surface area contributed by atoms with Crippen molar-refractivity contribution in [2.45, 2.75) is 25.7 Å². The zero-order chi connectivity index (χ0) is 11.2. The highest BCUT2D eigenvalue weighted by Crippen LogP contribution is 2.07. The summed E-state index contributed by atoms with van der Waals surface area (Å²) in [4.78, 5) is 4.07. The van der Waals surface area contributed by atoms with Crippen molar-refractivity contribution in [3.8, 4) is 0 Å². The summed E-state index contributed by atoms with van der Waals surface area (Å²) >= 11 is 0. The number of hydrogen-bond donors (Lipinski definition) is 1. The van der Waals surface area contributed by atoms with Gasteiger partial charge < -0.3 is 5.21 Å². The van der Waals surface area contributed by atoms with Crippen LogP contribution < -0.4 is 0 Å². The quantitative estimate of drug-likeness (QED) is 0.616. The average Bonchev–Trinajstić information content (AvgIpc) is 2.72. The van der Waals surface area contributed by atoms with E-state index in [0.717, 1.165) is 36.2 Å². The largest absolute Gasteiger partial charge is 0.427 e. The van der Waals surface area contributed by atoms with E-state index in [1.807, 2.05) is 6.07 Å². The van der Waals surface area contributed by atoms with Gasteiger partial charge in [0, 0.05) is 12.6 Å². The molecule has 0 saturated carbocycles. The summed E-state index contributed by atoms with van der Waals surface area (Å²) in [5, 5.41) is 9.32. The molecule has 16 heavy (non-hydrogen) atoms. The highest BCUT2D eigenvalue weighted by Gasteiger charge is 2.00. The fourth-order valence-corrected chi connectivity index (χ4v) is 1.76. The maximum absolute atomic E-state index is 9.32. The van der Waals surface area contributed by atoms with Crippen molar-refractivity contribution in [2.75, 3.05) is 0 Å². The molecule has 0 saturated heterocycles. The Morgan fingerprint density at radius 3 is 2.50 bits per heavy atom. The Bertz CT molecular complexity index is 423. The summed E-state index contributed by atoms with van der Waals surface area (Å²) in [6.45, 7) is 0. The Morgan fingerprint density at radius 1 is 1.06 bits per heavy atom. The molecule has 1 heterocycles. The molecule has 0 atom stereocenters. The van der Waals surface area contributed by atoms with E-state index in [1.165, 1.54) is 5.56 Å². The number of benzene rings is 1. The third kappa shape index (κ3) is 2.86. The Balaban J connectivity index is 1.72. The molecule has 0 aliphatic heterocycles. The first-order chi connectivity index (χ1) is 7.86. The van der Waals surface area contributed by atoms with E-state index >= 15 is 0 Å². The molecule has 84 valence electrons. The molecule has 3 heteroatoms. The lowest BCUT2D eigenvalue weighted by atomic mass is 10.1. The van der Waals surface area contributed by atoms with Crippen LogP contribution in [-0.2, 0) is 12.8 Å². The number of aryl methyl sites for hydroxylation is 2. The van der Waals surface area contributed by atoms with E-state index in [0.29, 0.717) is 0 Å². The zero-order valence-corrected chi connectivity index (χ0v) is 9.21. The van der Waals surface area contributed by atoms with Gasteiger partial charge in [0.25, 0.3) is 0 Å². The monoisotopic (exact) mass is 216 g/mol. The highest BCUT2D eigenvalue weighted by atomic mass is 16.5. The van der Waals surface area contributed by atoms with Crippen LogP contribution in [0.4, 0.5) is 0 Å². The lowest BCUT2D eigenvalue weighted by Crippen LogP contribution is -1.98. The molecule has 1 aromatic carbocycles. The Kier molecular flexibility index (Phi) is 3.59. The smallest absolute Gasteiger partial charge is 0.144 e. The third-order valence-electron chi connectivity index (χ3n) is 2.65. The molecule has 0 aliphatic carbocycles. The fraction of sp³-hybridized carbons (Fsp3) is 0.308. The van der Waals surface area contributed by atoms with Gasteiger partial charge >= 0.3 is 0 Å². The van der Waals surface area contributed by atoms with E-state index in [1.54, 1.807) is 12.4 Å². The molecular weight excluding hydrogens is 200 g/mol. The molecule has 1 aromatic heterocycles. The van der Waals surface area contributed by atoms with Crippen LogP contribution in [0.5, 0.6) is 0 Å². The Labute approximate surface area is 95.3 Å². The Hall–Kier alpha value is -1.77. The van der Waals surface area contributed by atoms with Crippen LogP contribution in [0.15, 0.2) is 42.7 Å². The normalized spacial score (nSPS) is 10.5.